The third kappa shape index (κ3) is 9.38. The van der Waals surface area contributed by atoms with Gasteiger partial charge in [-0.15, -0.1) is 0 Å². The highest BCUT2D eigenvalue weighted by molar-refractivity contribution is 7.85. The summed E-state index contributed by atoms with van der Waals surface area (Å²) in [6.45, 7) is -1.55. The summed E-state index contributed by atoms with van der Waals surface area (Å²) in [6.07, 6.45) is -1.20. The minimum absolute atomic E-state index is 0.772. The molecular weight excluding hydrogens is 170 g/mol. The molecule has 2 N–H and O–H groups in total. The topological polar surface area (TPSA) is 83.5 Å². The monoisotopic (exact) mass is 185 g/mol. The van der Waals surface area contributed by atoms with Crippen molar-refractivity contribution in [2.45, 2.75) is 13.3 Å². The van der Waals surface area contributed by atoms with Crippen LogP contribution in [0.3, 0.4) is 0 Å². The van der Waals surface area contributed by atoms with Crippen molar-refractivity contribution in [3.63, 3.8) is 0 Å². The third-order valence-corrected chi connectivity index (χ3v) is 1.12. The van der Waals surface area contributed by atoms with Crippen LogP contribution in [0.5, 0.6) is 0 Å². The van der Waals surface area contributed by atoms with Crippen molar-refractivity contribution in [3.05, 3.63) is 0 Å². The second kappa shape index (κ2) is 4.30. The summed E-state index contributed by atoms with van der Waals surface area (Å²) in [4.78, 5) is 10.5. The fourth-order valence-electron chi connectivity index (χ4n) is 0.296. The smallest absolute Gasteiger partial charge is 0.264 e. The van der Waals surface area contributed by atoms with E-state index >= 15 is 0 Å². The van der Waals surface area contributed by atoms with Crippen molar-refractivity contribution in [2.75, 3.05) is 12.2 Å². The van der Waals surface area contributed by atoms with Crippen molar-refractivity contribution in [3.8, 4) is 0 Å². The number of carbonyl (C=O) groups excluding carboxylic acids is 1. The van der Waals surface area contributed by atoms with Crippen LogP contribution in [-0.4, -0.2) is 31.1 Å². The summed E-state index contributed by atoms with van der Waals surface area (Å²) in [5, 5.41) is 1.73. The maximum atomic E-state index is 10.5. The summed E-state index contributed by atoms with van der Waals surface area (Å²) in [5.74, 6) is -0.772. The van der Waals surface area contributed by atoms with Gasteiger partial charge in [0.2, 0.25) is 5.91 Å². The zero-order valence-electron chi connectivity index (χ0n) is 9.79. The first-order chi connectivity index (χ1) is 6.37. The fraction of sp³-hybridized carbons (Fsp3) is 0.800. The molecule has 0 unspecified atom stereocenters. The van der Waals surface area contributed by atoms with Crippen LogP contribution in [0.2, 0.25) is 0 Å². The van der Waals surface area contributed by atoms with Crippen LogP contribution in [0.1, 0.15) is 18.8 Å². The van der Waals surface area contributed by atoms with Crippen LogP contribution < -0.4 is 5.32 Å². The second-order valence-electron chi connectivity index (χ2n) is 1.65. The largest absolute Gasteiger partial charge is 0.356 e. The first-order valence-corrected chi connectivity index (χ1v) is 4.07. The van der Waals surface area contributed by atoms with Crippen molar-refractivity contribution < 1.29 is 23.2 Å². The molecule has 0 heterocycles. The van der Waals surface area contributed by atoms with E-state index in [1.807, 2.05) is 0 Å². The predicted molar refractivity (Wildman–Crippen MR) is 39.7 cm³/mol. The van der Waals surface area contributed by atoms with E-state index < -0.39 is 34.6 Å². The summed E-state index contributed by atoms with van der Waals surface area (Å²) < 4.78 is 57.5. The Balaban J connectivity index is 4.80. The molecule has 0 fully saturated rings. The average Bonchev–Trinajstić information content (AvgIpc) is 1.75. The molecule has 0 rings (SSSR count). The molecule has 0 aromatic heterocycles. The Bertz CT molecular complexity index is 352. The Morgan fingerprint density at radius 2 is 2.27 bits per heavy atom. The van der Waals surface area contributed by atoms with E-state index in [0.717, 1.165) is 6.92 Å². The molecule has 0 aliphatic carbocycles. The molecule has 0 spiro atoms. The van der Waals surface area contributed by atoms with Crippen LogP contribution in [0.25, 0.3) is 0 Å². The normalized spacial score (nSPS) is 19.1. The Morgan fingerprint density at radius 3 is 2.64 bits per heavy atom. The molecule has 11 heavy (non-hydrogen) atoms. The summed E-state index contributed by atoms with van der Waals surface area (Å²) in [7, 11) is -5.03. The Kier molecular flexibility index (Phi) is 1.99. The van der Waals surface area contributed by atoms with E-state index in [1.165, 1.54) is 0 Å². The van der Waals surface area contributed by atoms with E-state index in [0.29, 0.717) is 0 Å². The van der Waals surface area contributed by atoms with Crippen LogP contribution in [0.4, 0.5) is 0 Å². The molecule has 0 aromatic rings. The van der Waals surface area contributed by atoms with Gasteiger partial charge in [-0.1, -0.05) is 0 Å². The highest BCUT2D eigenvalue weighted by atomic mass is 32.2. The molecule has 0 aromatic carbocycles. The lowest BCUT2D eigenvalue weighted by Gasteiger charge is -1.98. The van der Waals surface area contributed by atoms with E-state index in [-0.39, 0.29) is 0 Å². The SMILES string of the molecule is [2H]C([2H])(CC([2H])([2H])S(=O)(=O)O)NC(C)=O. The van der Waals surface area contributed by atoms with Crippen LogP contribution in [0.15, 0.2) is 0 Å². The number of carbonyl (C=O) groups is 1. The minimum Gasteiger partial charge on any atom is -0.356 e. The fourth-order valence-corrected chi connectivity index (χ4v) is 0.551. The third-order valence-electron chi connectivity index (χ3n) is 0.607. The zero-order chi connectivity index (χ0) is 12.5. The second-order valence-corrected chi connectivity index (χ2v) is 2.89. The number of amides is 1. The standard InChI is InChI=1S/C5H11NO4S/c1-5(7)6-3-2-4-11(8,9)10/h2-4H2,1H3,(H,6,7)(H,8,9,10)/i3D2,4D2. The minimum atomic E-state index is -5.03. The van der Waals surface area contributed by atoms with Gasteiger partial charge in [0.1, 0.15) is 0 Å². The molecule has 0 saturated heterocycles. The highest BCUT2D eigenvalue weighted by Gasteiger charge is 2.02. The van der Waals surface area contributed by atoms with Gasteiger partial charge in [0, 0.05) is 18.9 Å². The van der Waals surface area contributed by atoms with Crippen LogP contribution in [0, 0.1) is 0 Å². The molecule has 6 heteroatoms. The predicted octanol–water partition coefficient (Wildman–Crippen LogP) is -0.600. The number of rotatable bonds is 4. The maximum Gasteiger partial charge on any atom is 0.264 e. The molecule has 5 nitrogen and oxygen atoms in total. The van der Waals surface area contributed by atoms with Gasteiger partial charge >= 0.3 is 0 Å². The average molecular weight is 185 g/mol. The van der Waals surface area contributed by atoms with Crippen molar-refractivity contribution in [1.82, 2.24) is 5.32 Å². The van der Waals surface area contributed by atoms with Crippen molar-refractivity contribution >= 4 is 16.0 Å². The lowest BCUT2D eigenvalue weighted by atomic mass is 10.5. The zero-order valence-corrected chi connectivity index (χ0v) is 6.60. The van der Waals surface area contributed by atoms with Gasteiger partial charge in [0.25, 0.3) is 10.1 Å². The van der Waals surface area contributed by atoms with Crippen molar-refractivity contribution in [2.24, 2.45) is 0 Å². The molecule has 0 bridgehead atoms. The number of hydrogen-bond donors (Lipinski definition) is 2. The Hall–Kier alpha value is -0.620. The van der Waals surface area contributed by atoms with E-state index in [9.17, 15) is 13.2 Å². The van der Waals surface area contributed by atoms with Gasteiger partial charge in [0.05, 0.1) is 5.70 Å². The van der Waals surface area contributed by atoms with Gasteiger partial charge in [-0.2, -0.15) is 8.42 Å². The number of hydrogen-bond acceptors (Lipinski definition) is 3. The van der Waals surface area contributed by atoms with Gasteiger partial charge < -0.3 is 5.32 Å². The molecule has 0 atom stereocenters. The van der Waals surface area contributed by atoms with Gasteiger partial charge in [-0.05, 0) is 6.42 Å². The maximum absolute atomic E-state index is 10.5. The van der Waals surface area contributed by atoms with Crippen LogP contribution >= 0.6 is 0 Å². The summed E-state index contributed by atoms with van der Waals surface area (Å²) in [5.41, 5.74) is -3.15. The molecule has 0 saturated carbocycles. The van der Waals surface area contributed by atoms with Crippen molar-refractivity contribution in [1.29, 1.82) is 0 Å². The highest BCUT2D eigenvalue weighted by Crippen LogP contribution is 1.85. The summed E-state index contributed by atoms with van der Waals surface area (Å²) in [6, 6.07) is 0. The van der Waals surface area contributed by atoms with E-state index in [2.05, 4.69) is 0 Å². The lowest BCUT2D eigenvalue weighted by molar-refractivity contribution is -0.118. The van der Waals surface area contributed by atoms with Gasteiger partial charge in [-0.25, -0.2) is 0 Å². The van der Waals surface area contributed by atoms with Gasteiger partial charge in [-0.3, -0.25) is 9.35 Å². The molecule has 0 radical (unpaired) electrons. The molecule has 0 aliphatic heterocycles. The van der Waals surface area contributed by atoms with Crippen LogP contribution in [-0.2, 0) is 14.9 Å². The molecule has 0 aliphatic rings. The molecular formula is C5H11NO4S. The Labute approximate surface area is 71.2 Å². The first kappa shape index (κ1) is 5.10. The quantitative estimate of drug-likeness (QED) is 0.573. The number of nitrogens with one attached hydrogen (secondary N) is 1. The first-order valence-electron chi connectivity index (χ1n) is 4.63. The lowest BCUT2D eigenvalue weighted by Crippen LogP contribution is -2.22. The molecule has 66 valence electrons. The van der Waals surface area contributed by atoms with E-state index in [4.69, 9.17) is 10.0 Å². The van der Waals surface area contributed by atoms with E-state index in [1.54, 1.807) is 5.32 Å². The van der Waals surface area contributed by atoms with Gasteiger partial charge in [0.15, 0.2) is 0 Å². The Morgan fingerprint density at radius 1 is 1.73 bits per heavy atom. The summed E-state index contributed by atoms with van der Waals surface area (Å²) >= 11 is 0. The molecule has 1 amide bonds.